The summed E-state index contributed by atoms with van der Waals surface area (Å²) in [7, 11) is 3.06. The van der Waals surface area contributed by atoms with Gasteiger partial charge in [0, 0.05) is 30.3 Å². The SMILES string of the molecule is COc1ccc(N2CC(C(=O)Nc3cccc(-c4noc(=O)[nH]4)c3)CC2=O)c(OC)c1. The molecular weight excluding hydrogens is 404 g/mol. The predicted octanol–water partition coefficient (Wildman–Crippen LogP) is 2.04. The molecule has 1 aliphatic rings. The van der Waals surface area contributed by atoms with Crippen molar-refractivity contribution in [3.8, 4) is 22.9 Å². The van der Waals surface area contributed by atoms with Gasteiger partial charge in [0.1, 0.15) is 11.5 Å². The number of hydrogen-bond donors (Lipinski definition) is 2. The van der Waals surface area contributed by atoms with Gasteiger partial charge in [-0.1, -0.05) is 17.3 Å². The van der Waals surface area contributed by atoms with E-state index in [2.05, 4.69) is 20.0 Å². The number of amides is 2. The van der Waals surface area contributed by atoms with E-state index in [9.17, 15) is 14.4 Å². The molecule has 1 fully saturated rings. The number of hydrogen-bond acceptors (Lipinski definition) is 7. The third-order valence-electron chi connectivity index (χ3n) is 5.02. The van der Waals surface area contributed by atoms with Gasteiger partial charge >= 0.3 is 5.76 Å². The predicted molar refractivity (Wildman–Crippen MR) is 111 cm³/mol. The van der Waals surface area contributed by atoms with Gasteiger partial charge in [-0.15, -0.1) is 0 Å². The highest BCUT2D eigenvalue weighted by atomic mass is 16.5. The van der Waals surface area contributed by atoms with Crippen LogP contribution in [0.5, 0.6) is 11.5 Å². The van der Waals surface area contributed by atoms with Crippen molar-refractivity contribution in [2.24, 2.45) is 5.92 Å². The molecule has 2 N–H and O–H groups in total. The second kappa shape index (κ2) is 8.34. The highest BCUT2D eigenvalue weighted by Crippen LogP contribution is 2.36. The first-order valence-electron chi connectivity index (χ1n) is 9.48. The monoisotopic (exact) mass is 424 g/mol. The molecule has 1 unspecified atom stereocenters. The summed E-state index contributed by atoms with van der Waals surface area (Å²) in [6.07, 6.45) is 0.0807. The fourth-order valence-corrected chi connectivity index (χ4v) is 3.47. The Morgan fingerprint density at radius 2 is 2.03 bits per heavy atom. The number of carbonyl (C=O) groups excluding carboxylic acids is 2. The highest BCUT2D eigenvalue weighted by Gasteiger charge is 2.36. The number of anilines is 2. The normalized spacial score (nSPS) is 15.7. The van der Waals surface area contributed by atoms with E-state index in [1.165, 1.54) is 7.11 Å². The number of benzene rings is 2. The number of nitrogens with zero attached hydrogens (tertiary/aromatic N) is 2. The maximum atomic E-state index is 12.8. The van der Waals surface area contributed by atoms with Gasteiger partial charge in [0.05, 0.1) is 25.8 Å². The molecule has 0 radical (unpaired) electrons. The molecule has 1 aromatic heterocycles. The average molecular weight is 424 g/mol. The Hall–Kier alpha value is -4.08. The molecule has 0 saturated carbocycles. The second-order valence-electron chi connectivity index (χ2n) is 6.96. The van der Waals surface area contributed by atoms with Crippen molar-refractivity contribution >= 4 is 23.2 Å². The molecular formula is C21H20N4O6. The zero-order valence-electron chi connectivity index (χ0n) is 16.9. The van der Waals surface area contributed by atoms with Gasteiger partial charge in [0.25, 0.3) is 0 Å². The van der Waals surface area contributed by atoms with Crippen LogP contribution >= 0.6 is 0 Å². The molecule has 2 amide bonds. The molecule has 2 aromatic carbocycles. The number of aromatic amines is 1. The zero-order chi connectivity index (χ0) is 22.0. The summed E-state index contributed by atoms with van der Waals surface area (Å²) >= 11 is 0. The van der Waals surface area contributed by atoms with Crippen LogP contribution in [0.3, 0.4) is 0 Å². The Morgan fingerprint density at radius 1 is 1.19 bits per heavy atom. The van der Waals surface area contributed by atoms with E-state index >= 15 is 0 Å². The summed E-state index contributed by atoms with van der Waals surface area (Å²) in [4.78, 5) is 40.6. The molecule has 160 valence electrons. The molecule has 0 spiro atoms. The lowest BCUT2D eigenvalue weighted by Crippen LogP contribution is -2.28. The van der Waals surface area contributed by atoms with Crippen LogP contribution in [0.15, 0.2) is 51.8 Å². The quantitative estimate of drug-likeness (QED) is 0.620. The molecule has 10 nitrogen and oxygen atoms in total. The topological polar surface area (TPSA) is 127 Å². The van der Waals surface area contributed by atoms with Gasteiger partial charge in [-0.05, 0) is 24.3 Å². The van der Waals surface area contributed by atoms with Crippen molar-refractivity contribution in [3.63, 3.8) is 0 Å². The summed E-state index contributed by atoms with van der Waals surface area (Å²) < 4.78 is 15.1. The van der Waals surface area contributed by atoms with Crippen molar-refractivity contribution in [1.82, 2.24) is 10.1 Å². The molecule has 1 aliphatic heterocycles. The van der Waals surface area contributed by atoms with Crippen molar-refractivity contribution < 1.29 is 23.6 Å². The van der Waals surface area contributed by atoms with Crippen LogP contribution in [0.25, 0.3) is 11.4 Å². The van der Waals surface area contributed by atoms with Gasteiger partial charge in [-0.25, -0.2) is 4.79 Å². The van der Waals surface area contributed by atoms with Crippen LogP contribution in [-0.4, -0.2) is 42.7 Å². The average Bonchev–Trinajstić information content (AvgIpc) is 3.39. The summed E-state index contributed by atoms with van der Waals surface area (Å²) in [5.74, 6) is -0.294. The van der Waals surface area contributed by atoms with E-state index in [0.29, 0.717) is 28.4 Å². The minimum absolute atomic E-state index is 0.0807. The Balaban J connectivity index is 1.49. The summed E-state index contributed by atoms with van der Waals surface area (Å²) in [6.45, 7) is 0.226. The second-order valence-corrected chi connectivity index (χ2v) is 6.96. The van der Waals surface area contributed by atoms with Crippen LogP contribution in [0.4, 0.5) is 11.4 Å². The van der Waals surface area contributed by atoms with Gasteiger partial charge in [-0.2, -0.15) is 0 Å². The molecule has 1 atom stereocenters. The van der Waals surface area contributed by atoms with Crippen LogP contribution in [0.2, 0.25) is 0 Å². The number of rotatable bonds is 6. The van der Waals surface area contributed by atoms with E-state index in [0.717, 1.165) is 0 Å². The lowest BCUT2D eigenvalue weighted by molar-refractivity contribution is -0.122. The highest BCUT2D eigenvalue weighted by molar-refractivity contribution is 6.04. The molecule has 3 aromatic rings. The molecule has 4 rings (SSSR count). The van der Waals surface area contributed by atoms with Crippen molar-refractivity contribution in [1.29, 1.82) is 0 Å². The maximum absolute atomic E-state index is 12.8. The number of methoxy groups -OCH3 is 2. The van der Waals surface area contributed by atoms with Crippen LogP contribution < -0.4 is 25.4 Å². The number of aromatic nitrogens is 2. The summed E-state index contributed by atoms with van der Waals surface area (Å²) in [5.41, 5.74) is 1.68. The van der Waals surface area contributed by atoms with Crippen LogP contribution in [-0.2, 0) is 9.59 Å². The van der Waals surface area contributed by atoms with E-state index < -0.39 is 11.7 Å². The molecule has 1 saturated heterocycles. The zero-order valence-corrected chi connectivity index (χ0v) is 16.9. The first-order chi connectivity index (χ1) is 15.0. The first-order valence-corrected chi connectivity index (χ1v) is 9.48. The fourth-order valence-electron chi connectivity index (χ4n) is 3.47. The summed E-state index contributed by atoms with van der Waals surface area (Å²) in [6, 6.07) is 12.0. The first kappa shape index (κ1) is 20.2. The van der Waals surface area contributed by atoms with Crippen LogP contribution in [0, 0.1) is 5.92 Å². The standard InChI is InChI=1S/C21H20N4O6/c1-29-15-6-7-16(17(10-15)30-2)25-11-13(9-18(25)26)20(27)22-14-5-3-4-12(8-14)19-23-21(28)31-24-19/h3-8,10,13H,9,11H2,1-2H3,(H,22,27)(H,23,24,28). The van der Waals surface area contributed by atoms with Crippen molar-refractivity contribution in [2.75, 3.05) is 31.0 Å². The maximum Gasteiger partial charge on any atom is 0.439 e. The minimum atomic E-state index is -0.664. The Morgan fingerprint density at radius 3 is 2.74 bits per heavy atom. The Kier molecular flexibility index (Phi) is 5.44. The lowest BCUT2D eigenvalue weighted by atomic mass is 10.1. The number of nitrogens with one attached hydrogen (secondary N) is 2. The largest absolute Gasteiger partial charge is 0.497 e. The molecule has 0 aliphatic carbocycles. The van der Waals surface area contributed by atoms with Gasteiger partial charge in [0.15, 0.2) is 5.82 Å². The molecule has 0 bridgehead atoms. The van der Waals surface area contributed by atoms with Crippen molar-refractivity contribution in [2.45, 2.75) is 6.42 Å². The smallest absolute Gasteiger partial charge is 0.439 e. The molecule has 2 heterocycles. The van der Waals surface area contributed by atoms with E-state index in [-0.39, 0.29) is 30.6 Å². The third kappa shape index (κ3) is 4.13. The van der Waals surface area contributed by atoms with Crippen molar-refractivity contribution in [3.05, 3.63) is 53.0 Å². The molecule has 31 heavy (non-hydrogen) atoms. The third-order valence-corrected chi connectivity index (χ3v) is 5.02. The van der Waals surface area contributed by atoms with Gasteiger partial charge in [0.2, 0.25) is 11.8 Å². The Labute approximate surface area is 176 Å². The molecule has 10 heteroatoms. The van der Waals surface area contributed by atoms with Crippen LogP contribution in [0.1, 0.15) is 6.42 Å². The van der Waals surface area contributed by atoms with E-state index in [1.54, 1.807) is 54.5 Å². The van der Waals surface area contributed by atoms with Gasteiger partial charge in [-0.3, -0.25) is 19.1 Å². The lowest BCUT2D eigenvalue weighted by Gasteiger charge is -2.20. The van der Waals surface area contributed by atoms with Gasteiger partial charge < -0.3 is 19.7 Å². The van der Waals surface area contributed by atoms with E-state index in [1.807, 2.05) is 0 Å². The number of H-pyrrole nitrogens is 1. The number of carbonyl (C=O) groups is 2. The Bertz CT molecular complexity index is 1180. The number of ether oxygens (including phenoxy) is 2. The fraction of sp³-hybridized carbons (Fsp3) is 0.238. The van der Waals surface area contributed by atoms with E-state index in [4.69, 9.17) is 9.47 Å². The minimum Gasteiger partial charge on any atom is -0.497 e. The summed E-state index contributed by atoms with van der Waals surface area (Å²) in [5, 5.41) is 6.46.